The van der Waals surface area contributed by atoms with Crippen LogP contribution in [-0.2, 0) is 37.0 Å². The molecule has 8 nitrogen and oxygen atoms in total. The van der Waals surface area contributed by atoms with E-state index in [1.165, 1.54) is 7.11 Å². The molecule has 0 bridgehead atoms. The van der Waals surface area contributed by atoms with Crippen molar-refractivity contribution >= 4 is 24.4 Å². The largest absolute Gasteiger partial charge is 0.502 e. The van der Waals surface area contributed by atoms with Gasteiger partial charge in [-0.1, -0.05) is 0 Å². The molecule has 0 N–H and O–H groups in total. The molecule has 1 rings (SSSR count). The van der Waals surface area contributed by atoms with Gasteiger partial charge in [0.2, 0.25) is 0 Å². The van der Waals surface area contributed by atoms with Crippen molar-refractivity contribution in [3.05, 3.63) is 0 Å². The van der Waals surface area contributed by atoms with Crippen molar-refractivity contribution in [3.63, 3.8) is 0 Å². The van der Waals surface area contributed by atoms with Gasteiger partial charge in [-0.15, -0.1) is 4.67 Å². The lowest BCUT2D eigenvalue weighted by molar-refractivity contribution is -0.204. The molecule has 0 aromatic rings. The van der Waals surface area contributed by atoms with E-state index in [-0.39, 0.29) is 31.4 Å². The molecule has 1 heterocycles. The summed E-state index contributed by atoms with van der Waals surface area (Å²) in [6.45, 7) is 2.10. The predicted octanol–water partition coefficient (Wildman–Crippen LogP) is 1.46. The lowest BCUT2D eigenvalue weighted by Crippen LogP contribution is -2.21. The fraction of sp³-hybridized carbons (Fsp3) is 1.00. The van der Waals surface area contributed by atoms with Crippen LogP contribution in [0.4, 0.5) is 0 Å². The van der Waals surface area contributed by atoms with Gasteiger partial charge in [-0.3, -0.25) is 13.6 Å². The van der Waals surface area contributed by atoms with Crippen LogP contribution in [0.25, 0.3) is 0 Å². The van der Waals surface area contributed by atoms with Crippen LogP contribution >= 0.6 is 16.5 Å². The third-order valence-electron chi connectivity index (χ3n) is 2.65. The van der Waals surface area contributed by atoms with Gasteiger partial charge in [-0.05, 0) is 19.8 Å². The fourth-order valence-electron chi connectivity index (χ4n) is 1.82. The van der Waals surface area contributed by atoms with Crippen LogP contribution in [0, 0.1) is 0 Å². The molecule has 0 spiro atoms. The molecule has 0 aliphatic carbocycles. The van der Waals surface area contributed by atoms with Gasteiger partial charge in [0.05, 0.1) is 32.5 Å². The number of hydrogen-bond donors (Lipinski definition) is 0. The number of rotatable bonds is 10. The summed E-state index contributed by atoms with van der Waals surface area (Å²) in [5.74, 6) is 0. The van der Waals surface area contributed by atoms with Gasteiger partial charge in [-0.25, -0.2) is 14.0 Å². The summed E-state index contributed by atoms with van der Waals surface area (Å²) in [5, 5.41) is 0. The summed E-state index contributed by atoms with van der Waals surface area (Å²) in [5.41, 5.74) is 0. The van der Waals surface area contributed by atoms with Crippen LogP contribution in [0.15, 0.2) is 0 Å². The molecular weight excluding hydrogens is 309 g/mol. The van der Waals surface area contributed by atoms with Crippen LogP contribution in [0.3, 0.4) is 0 Å². The minimum atomic E-state index is -3.82. The van der Waals surface area contributed by atoms with E-state index in [9.17, 15) is 9.13 Å². The maximum absolute atomic E-state index is 12.3. The lowest BCUT2D eigenvalue weighted by atomic mass is 9.96. The number of ether oxygens (including phenoxy) is 1. The first-order valence-corrected chi connectivity index (χ1v) is 8.45. The van der Waals surface area contributed by atoms with Crippen LogP contribution in [0.1, 0.15) is 19.8 Å². The second kappa shape index (κ2) is 9.23. The molecular formula is C9H19BO8P2. The SMILES string of the molecule is BC1CC(OP(=O)(OCCCOP=O)OOC)C(C)O1. The second-order valence-corrected chi connectivity index (χ2v) is 6.23. The smallest absolute Gasteiger partial charge is 0.381 e. The Hall–Kier alpha value is 0.155. The molecule has 1 aliphatic heterocycles. The first-order chi connectivity index (χ1) is 9.50. The monoisotopic (exact) mass is 328 g/mol. The molecule has 4 unspecified atom stereocenters. The minimum Gasteiger partial charge on any atom is -0.381 e. The topological polar surface area (TPSA) is 89.5 Å². The molecule has 4 atom stereocenters. The zero-order valence-electron chi connectivity index (χ0n) is 11.7. The van der Waals surface area contributed by atoms with Gasteiger partial charge in [0, 0.05) is 6.00 Å². The maximum Gasteiger partial charge on any atom is 0.502 e. The Labute approximate surface area is 120 Å². The molecule has 0 aromatic heterocycles. The van der Waals surface area contributed by atoms with Gasteiger partial charge in [0.1, 0.15) is 7.85 Å². The zero-order chi connectivity index (χ0) is 15.0. The zero-order valence-corrected chi connectivity index (χ0v) is 13.5. The molecule has 1 fully saturated rings. The summed E-state index contributed by atoms with van der Waals surface area (Å²) in [4.78, 5) is 4.42. The first-order valence-electron chi connectivity index (χ1n) is 6.26. The highest BCUT2D eigenvalue weighted by atomic mass is 31.2. The van der Waals surface area contributed by atoms with Gasteiger partial charge < -0.3 is 4.74 Å². The minimum absolute atomic E-state index is 0.0236. The van der Waals surface area contributed by atoms with E-state index < -0.39 is 16.5 Å². The molecule has 0 aromatic carbocycles. The standard InChI is InChI=1S/C9H19BO8P2/c1-7-8(6-9(10)16-7)17-20(12,18-13-2)15-5-3-4-14-19-11/h7-9H,3-6,10H2,1-2H3. The fourth-order valence-corrected chi connectivity index (χ4v) is 3.29. The highest BCUT2D eigenvalue weighted by molar-refractivity contribution is 7.48. The number of phosphoric ester groups is 1. The van der Waals surface area contributed by atoms with Crippen molar-refractivity contribution in [1.82, 2.24) is 0 Å². The average Bonchev–Trinajstić information content (AvgIpc) is 2.67. The summed E-state index contributed by atoms with van der Waals surface area (Å²) in [7, 11) is -1.10. The third-order valence-corrected chi connectivity index (χ3v) is 4.29. The molecule has 0 radical (unpaired) electrons. The molecule has 1 saturated heterocycles. The molecule has 20 heavy (non-hydrogen) atoms. The Balaban J connectivity index is 2.44. The molecule has 116 valence electrons. The second-order valence-electron chi connectivity index (χ2n) is 4.31. The van der Waals surface area contributed by atoms with Crippen molar-refractivity contribution in [2.24, 2.45) is 0 Å². The summed E-state index contributed by atoms with van der Waals surface area (Å²) in [6, 6.07) is 0.0236. The Morgan fingerprint density at radius 2 is 2.20 bits per heavy atom. The summed E-state index contributed by atoms with van der Waals surface area (Å²) >= 11 is 0. The number of hydrogen-bond acceptors (Lipinski definition) is 8. The van der Waals surface area contributed by atoms with E-state index in [0.29, 0.717) is 12.8 Å². The van der Waals surface area contributed by atoms with Gasteiger partial charge >= 0.3 is 16.5 Å². The van der Waals surface area contributed by atoms with Gasteiger partial charge in [0.15, 0.2) is 0 Å². The predicted molar refractivity (Wildman–Crippen MR) is 72.2 cm³/mol. The van der Waals surface area contributed by atoms with Crippen molar-refractivity contribution < 1.29 is 37.0 Å². The molecule has 1 aliphatic rings. The highest BCUT2D eigenvalue weighted by Crippen LogP contribution is 2.52. The van der Waals surface area contributed by atoms with E-state index in [1.807, 2.05) is 14.8 Å². The molecule has 0 amide bonds. The van der Waals surface area contributed by atoms with E-state index in [2.05, 4.69) is 14.1 Å². The lowest BCUT2D eigenvalue weighted by Gasteiger charge is -2.21. The summed E-state index contributed by atoms with van der Waals surface area (Å²) < 4.78 is 47.6. The van der Waals surface area contributed by atoms with Crippen molar-refractivity contribution in [2.45, 2.75) is 38.0 Å². The first kappa shape index (κ1) is 18.2. The van der Waals surface area contributed by atoms with Crippen molar-refractivity contribution in [3.8, 4) is 0 Å². The number of phosphoric acid groups is 1. The van der Waals surface area contributed by atoms with Crippen LogP contribution < -0.4 is 0 Å². The van der Waals surface area contributed by atoms with Gasteiger partial charge in [0.25, 0.3) is 0 Å². The van der Waals surface area contributed by atoms with E-state index >= 15 is 0 Å². The average molecular weight is 328 g/mol. The van der Waals surface area contributed by atoms with Crippen LogP contribution in [0.2, 0.25) is 0 Å². The van der Waals surface area contributed by atoms with E-state index in [0.717, 1.165) is 0 Å². The van der Waals surface area contributed by atoms with E-state index in [4.69, 9.17) is 13.8 Å². The highest BCUT2D eigenvalue weighted by Gasteiger charge is 2.39. The third kappa shape index (κ3) is 6.29. The summed E-state index contributed by atoms with van der Waals surface area (Å²) in [6.07, 6.45) is 0.398. The van der Waals surface area contributed by atoms with Crippen LogP contribution in [-0.4, -0.2) is 46.4 Å². The Morgan fingerprint density at radius 3 is 2.75 bits per heavy atom. The Bertz CT molecular complexity index is 344. The van der Waals surface area contributed by atoms with Crippen molar-refractivity contribution in [2.75, 3.05) is 20.3 Å². The molecule has 11 heteroatoms. The quantitative estimate of drug-likeness (QED) is 0.196. The molecule has 0 saturated carbocycles. The maximum atomic E-state index is 12.3. The van der Waals surface area contributed by atoms with E-state index in [1.54, 1.807) is 0 Å². The van der Waals surface area contributed by atoms with Crippen molar-refractivity contribution in [1.29, 1.82) is 0 Å². The Kier molecular flexibility index (Phi) is 8.40. The Morgan fingerprint density at radius 1 is 1.45 bits per heavy atom. The van der Waals surface area contributed by atoms with Crippen LogP contribution in [0.5, 0.6) is 0 Å². The van der Waals surface area contributed by atoms with Gasteiger partial charge in [-0.2, -0.15) is 0 Å². The normalized spacial score (nSPS) is 29.6.